The molecular weight excluding hydrogens is 269 g/mol. The number of halogens is 1. The Morgan fingerprint density at radius 1 is 1.55 bits per heavy atom. The lowest BCUT2D eigenvalue weighted by molar-refractivity contribution is 1.28. The van der Waals surface area contributed by atoms with Crippen LogP contribution in [0.3, 0.4) is 0 Å². The molecule has 0 saturated heterocycles. The predicted molar refractivity (Wildman–Crippen MR) is 55.9 cm³/mol. The monoisotopic (exact) mass is 275 g/mol. The molecule has 0 fully saturated rings. The molecule has 1 aromatic rings. The topological polar surface area (TPSA) is 23.8 Å². The molecule has 1 rings (SSSR count). The molecule has 1 aromatic carbocycles. The van der Waals surface area contributed by atoms with Gasteiger partial charge in [0.25, 0.3) is 0 Å². The second-order valence-electron chi connectivity index (χ2n) is 2.23. The van der Waals surface area contributed by atoms with Gasteiger partial charge in [0.15, 0.2) is 0 Å². The number of benzene rings is 1. The van der Waals surface area contributed by atoms with Crippen molar-refractivity contribution in [2.45, 2.75) is 11.8 Å². The average Bonchev–Trinajstić information content (AvgIpc) is 1.97. The molecule has 0 atom stereocenters. The molecule has 3 heteroatoms. The van der Waals surface area contributed by atoms with E-state index in [1.807, 2.05) is 19.1 Å². The van der Waals surface area contributed by atoms with Crippen molar-refractivity contribution in [2.24, 2.45) is 0 Å². The predicted octanol–water partition coefficient (Wildman–Crippen LogP) is 2.76. The largest absolute Gasteiger partial charge is 0.192 e. The molecule has 0 spiro atoms. The van der Waals surface area contributed by atoms with E-state index in [9.17, 15) is 0 Å². The number of nitrogens with zero attached hydrogens (tertiary/aromatic N) is 1. The van der Waals surface area contributed by atoms with Gasteiger partial charge >= 0.3 is 0 Å². The average molecular weight is 275 g/mol. The van der Waals surface area contributed by atoms with Crippen molar-refractivity contribution < 1.29 is 0 Å². The Kier molecular flexibility index (Phi) is 2.79. The van der Waals surface area contributed by atoms with E-state index in [2.05, 4.69) is 41.3 Å². The zero-order chi connectivity index (χ0) is 8.43. The van der Waals surface area contributed by atoms with Crippen LogP contribution in [0.5, 0.6) is 0 Å². The summed E-state index contributed by atoms with van der Waals surface area (Å²) >= 11 is 6.37. The Balaban J connectivity index is 3.35. The van der Waals surface area contributed by atoms with Crippen molar-refractivity contribution in [3.05, 3.63) is 26.8 Å². The summed E-state index contributed by atoms with van der Waals surface area (Å²) < 4.78 is 0.959. The minimum Gasteiger partial charge on any atom is -0.192 e. The number of aryl methyl sites for hydroxylation is 1. The van der Waals surface area contributed by atoms with Crippen molar-refractivity contribution in [2.75, 3.05) is 0 Å². The Bertz CT molecular complexity index is 328. The molecule has 11 heavy (non-hydrogen) atoms. The summed E-state index contributed by atoms with van der Waals surface area (Å²) in [5.74, 6) is 0. The van der Waals surface area contributed by atoms with Crippen molar-refractivity contribution in [3.8, 4) is 6.07 Å². The van der Waals surface area contributed by atoms with Gasteiger partial charge in [0.1, 0.15) is 6.07 Å². The summed E-state index contributed by atoms with van der Waals surface area (Å²) in [6.07, 6.45) is 0. The molecule has 0 aliphatic carbocycles. The van der Waals surface area contributed by atoms with Crippen molar-refractivity contribution in [1.29, 1.82) is 5.26 Å². The van der Waals surface area contributed by atoms with Gasteiger partial charge in [-0.15, -0.1) is 12.6 Å². The molecule has 0 aliphatic heterocycles. The Morgan fingerprint density at radius 3 is 2.73 bits per heavy atom. The zero-order valence-corrected chi connectivity index (χ0v) is 8.98. The van der Waals surface area contributed by atoms with E-state index in [-0.39, 0.29) is 0 Å². The maximum Gasteiger partial charge on any atom is 0.100 e. The van der Waals surface area contributed by atoms with Gasteiger partial charge in [0.2, 0.25) is 0 Å². The van der Waals surface area contributed by atoms with Crippen LogP contribution in [0.1, 0.15) is 11.1 Å². The fourth-order valence-electron chi connectivity index (χ4n) is 0.757. The highest BCUT2D eigenvalue weighted by Gasteiger charge is 2.01. The third-order valence-corrected chi connectivity index (χ3v) is 2.78. The number of nitriles is 1. The lowest BCUT2D eigenvalue weighted by Gasteiger charge is -2.00. The number of thiol groups is 1. The second kappa shape index (κ2) is 3.46. The summed E-state index contributed by atoms with van der Waals surface area (Å²) in [6.45, 7) is 1.94. The first-order valence-corrected chi connectivity index (χ1v) is 4.57. The maximum atomic E-state index is 8.65. The Labute approximate surface area is 85.0 Å². The minimum atomic E-state index is 0.723. The van der Waals surface area contributed by atoms with Gasteiger partial charge in [0, 0.05) is 8.47 Å². The van der Waals surface area contributed by atoms with Crippen molar-refractivity contribution in [3.63, 3.8) is 0 Å². The van der Waals surface area contributed by atoms with Crippen LogP contribution in [0.4, 0.5) is 0 Å². The van der Waals surface area contributed by atoms with E-state index in [1.54, 1.807) is 0 Å². The molecule has 0 N–H and O–H groups in total. The standard InChI is InChI=1S/C8H6INS/c1-5-2-6(4-10)7(9)3-8(5)11/h2-3,11H,1H3. The van der Waals surface area contributed by atoms with Gasteiger partial charge in [-0.2, -0.15) is 5.26 Å². The van der Waals surface area contributed by atoms with E-state index in [4.69, 9.17) is 5.26 Å². The molecule has 0 bridgehead atoms. The maximum absolute atomic E-state index is 8.65. The Hall–Kier alpha value is -0.210. The number of hydrogen-bond acceptors (Lipinski definition) is 2. The van der Waals surface area contributed by atoms with Gasteiger partial charge in [-0.1, -0.05) is 0 Å². The minimum absolute atomic E-state index is 0.723. The summed E-state index contributed by atoms with van der Waals surface area (Å²) in [5.41, 5.74) is 1.77. The molecule has 0 amide bonds. The third kappa shape index (κ3) is 1.88. The second-order valence-corrected chi connectivity index (χ2v) is 3.87. The summed E-state index contributed by atoms with van der Waals surface area (Å²) in [6, 6.07) is 5.87. The molecule has 1 nitrogen and oxygen atoms in total. The van der Waals surface area contributed by atoms with E-state index in [0.717, 1.165) is 19.6 Å². The highest BCUT2D eigenvalue weighted by molar-refractivity contribution is 14.1. The van der Waals surface area contributed by atoms with Crippen molar-refractivity contribution >= 4 is 35.2 Å². The molecule has 0 saturated carbocycles. The van der Waals surface area contributed by atoms with Gasteiger partial charge < -0.3 is 0 Å². The van der Waals surface area contributed by atoms with Crippen LogP contribution >= 0.6 is 35.2 Å². The highest BCUT2D eigenvalue weighted by atomic mass is 127. The molecule has 0 aromatic heterocycles. The first kappa shape index (κ1) is 8.88. The highest BCUT2D eigenvalue weighted by Crippen LogP contribution is 2.20. The lowest BCUT2D eigenvalue weighted by atomic mass is 10.2. The van der Waals surface area contributed by atoms with E-state index in [1.165, 1.54) is 0 Å². The normalized spacial score (nSPS) is 9.27. The summed E-state index contributed by atoms with van der Waals surface area (Å²) in [5, 5.41) is 8.65. The molecule has 0 unspecified atom stereocenters. The van der Waals surface area contributed by atoms with Crippen LogP contribution in [-0.2, 0) is 0 Å². The number of hydrogen-bond donors (Lipinski definition) is 1. The molecule has 0 aliphatic rings. The fraction of sp³-hybridized carbons (Fsp3) is 0.125. The van der Waals surface area contributed by atoms with E-state index < -0.39 is 0 Å². The molecular formula is C8H6INS. The van der Waals surface area contributed by atoms with Gasteiger partial charge in [0.05, 0.1) is 5.56 Å². The first-order chi connectivity index (χ1) is 5.15. The zero-order valence-electron chi connectivity index (χ0n) is 5.93. The molecule has 0 radical (unpaired) electrons. The third-order valence-electron chi connectivity index (χ3n) is 1.41. The van der Waals surface area contributed by atoms with Crippen molar-refractivity contribution in [1.82, 2.24) is 0 Å². The van der Waals surface area contributed by atoms with Crippen LogP contribution in [0.25, 0.3) is 0 Å². The van der Waals surface area contributed by atoms with Crippen LogP contribution in [0.15, 0.2) is 17.0 Å². The first-order valence-electron chi connectivity index (χ1n) is 3.04. The quantitative estimate of drug-likeness (QED) is 0.571. The van der Waals surface area contributed by atoms with E-state index in [0.29, 0.717) is 0 Å². The smallest absolute Gasteiger partial charge is 0.100 e. The fourth-order valence-corrected chi connectivity index (χ4v) is 1.78. The summed E-state index contributed by atoms with van der Waals surface area (Å²) in [7, 11) is 0. The van der Waals surface area contributed by atoms with Crippen LogP contribution in [-0.4, -0.2) is 0 Å². The van der Waals surface area contributed by atoms with Gasteiger partial charge in [-0.25, -0.2) is 0 Å². The van der Waals surface area contributed by atoms with Gasteiger partial charge in [-0.05, 0) is 47.2 Å². The van der Waals surface area contributed by atoms with E-state index >= 15 is 0 Å². The van der Waals surface area contributed by atoms with Crippen LogP contribution in [0, 0.1) is 21.8 Å². The summed E-state index contributed by atoms with van der Waals surface area (Å²) in [4.78, 5) is 0.938. The van der Waals surface area contributed by atoms with Gasteiger partial charge in [-0.3, -0.25) is 0 Å². The molecule has 0 heterocycles. The Morgan fingerprint density at radius 2 is 2.18 bits per heavy atom. The van der Waals surface area contributed by atoms with Crippen LogP contribution in [0.2, 0.25) is 0 Å². The molecule has 56 valence electrons. The number of rotatable bonds is 0. The lowest BCUT2D eigenvalue weighted by Crippen LogP contribution is -1.84. The van der Waals surface area contributed by atoms with Crippen LogP contribution < -0.4 is 0 Å². The SMILES string of the molecule is Cc1cc(C#N)c(I)cc1S.